The molecule has 0 bridgehead atoms. The number of anilines is 1. The van der Waals surface area contributed by atoms with Gasteiger partial charge in [-0.15, -0.1) is 0 Å². The standard InChI is InChI=1S/C17H19NO3/c1-4-20-17(19)13-6-5-7-15(16(13)18)21-14-9-8-11(2)10-12(14)3/h5-10H,4,18H2,1-3H3. The van der Waals surface area contributed by atoms with E-state index in [9.17, 15) is 4.79 Å². The topological polar surface area (TPSA) is 61.5 Å². The van der Waals surface area contributed by atoms with Crippen molar-refractivity contribution in [2.75, 3.05) is 12.3 Å². The van der Waals surface area contributed by atoms with Crippen molar-refractivity contribution in [3.63, 3.8) is 0 Å². The normalized spacial score (nSPS) is 10.2. The van der Waals surface area contributed by atoms with E-state index in [0.29, 0.717) is 23.7 Å². The summed E-state index contributed by atoms with van der Waals surface area (Å²) >= 11 is 0. The Morgan fingerprint density at radius 3 is 2.57 bits per heavy atom. The molecule has 21 heavy (non-hydrogen) atoms. The summed E-state index contributed by atoms with van der Waals surface area (Å²) in [5.74, 6) is 0.724. The van der Waals surface area contributed by atoms with Crippen molar-refractivity contribution in [3.8, 4) is 11.5 Å². The third-order valence-corrected chi connectivity index (χ3v) is 3.11. The molecule has 2 rings (SSSR count). The number of nitrogens with two attached hydrogens (primary N) is 1. The van der Waals surface area contributed by atoms with Crippen LogP contribution in [0.3, 0.4) is 0 Å². The summed E-state index contributed by atoms with van der Waals surface area (Å²) in [7, 11) is 0. The first kappa shape index (κ1) is 14.9. The lowest BCUT2D eigenvalue weighted by Crippen LogP contribution is -2.08. The fourth-order valence-electron chi connectivity index (χ4n) is 2.05. The van der Waals surface area contributed by atoms with Crippen LogP contribution in [0.1, 0.15) is 28.4 Å². The van der Waals surface area contributed by atoms with Gasteiger partial charge in [0.2, 0.25) is 0 Å². The maximum atomic E-state index is 11.8. The van der Waals surface area contributed by atoms with Gasteiger partial charge in [0.15, 0.2) is 5.75 Å². The zero-order valence-corrected chi connectivity index (χ0v) is 12.5. The molecule has 0 fully saturated rings. The van der Waals surface area contributed by atoms with Crippen LogP contribution >= 0.6 is 0 Å². The van der Waals surface area contributed by atoms with Gasteiger partial charge in [0.1, 0.15) is 5.75 Å². The van der Waals surface area contributed by atoms with Crippen molar-refractivity contribution in [3.05, 3.63) is 53.1 Å². The summed E-state index contributed by atoms with van der Waals surface area (Å²) in [6.45, 7) is 6.05. The highest BCUT2D eigenvalue weighted by Crippen LogP contribution is 2.32. The molecule has 4 heteroatoms. The zero-order valence-electron chi connectivity index (χ0n) is 12.5. The Morgan fingerprint density at radius 2 is 1.90 bits per heavy atom. The minimum Gasteiger partial charge on any atom is -0.462 e. The number of hydrogen-bond acceptors (Lipinski definition) is 4. The molecule has 0 radical (unpaired) electrons. The first-order valence-corrected chi connectivity index (χ1v) is 6.83. The maximum Gasteiger partial charge on any atom is 0.340 e. The molecule has 2 N–H and O–H groups in total. The van der Waals surface area contributed by atoms with Gasteiger partial charge in [-0.1, -0.05) is 23.8 Å². The molecule has 0 aliphatic rings. The molecule has 2 aromatic rings. The Labute approximate surface area is 124 Å². The fourth-order valence-corrected chi connectivity index (χ4v) is 2.05. The van der Waals surface area contributed by atoms with Gasteiger partial charge in [-0.2, -0.15) is 0 Å². The number of benzene rings is 2. The smallest absolute Gasteiger partial charge is 0.340 e. The molecular weight excluding hydrogens is 266 g/mol. The van der Waals surface area contributed by atoms with Crippen molar-refractivity contribution in [2.24, 2.45) is 0 Å². The van der Waals surface area contributed by atoms with E-state index in [1.807, 2.05) is 32.0 Å². The average Bonchev–Trinajstić information content (AvgIpc) is 2.44. The third kappa shape index (κ3) is 3.34. The van der Waals surface area contributed by atoms with Gasteiger partial charge in [0.05, 0.1) is 17.9 Å². The van der Waals surface area contributed by atoms with Crippen molar-refractivity contribution in [2.45, 2.75) is 20.8 Å². The summed E-state index contributed by atoms with van der Waals surface area (Å²) < 4.78 is 10.8. The number of carbonyl (C=O) groups excluding carboxylic acids is 1. The van der Waals surface area contributed by atoms with Crippen LogP contribution in [0, 0.1) is 13.8 Å². The number of nitrogen functional groups attached to an aromatic ring is 1. The van der Waals surface area contributed by atoms with Gasteiger partial charge in [-0.25, -0.2) is 4.79 Å². The van der Waals surface area contributed by atoms with Gasteiger partial charge >= 0.3 is 5.97 Å². The number of hydrogen-bond donors (Lipinski definition) is 1. The van der Waals surface area contributed by atoms with Crippen LogP contribution in [0.2, 0.25) is 0 Å². The molecule has 0 saturated carbocycles. The highest BCUT2D eigenvalue weighted by Gasteiger charge is 2.15. The predicted molar refractivity (Wildman–Crippen MR) is 82.8 cm³/mol. The Kier molecular flexibility index (Phi) is 4.48. The second kappa shape index (κ2) is 6.31. The molecule has 110 valence electrons. The van der Waals surface area contributed by atoms with E-state index in [-0.39, 0.29) is 5.69 Å². The second-order valence-electron chi connectivity index (χ2n) is 4.81. The monoisotopic (exact) mass is 285 g/mol. The number of esters is 1. The van der Waals surface area contributed by atoms with Crippen LogP contribution in [0.25, 0.3) is 0 Å². The SMILES string of the molecule is CCOC(=O)c1cccc(Oc2ccc(C)cc2C)c1N. The largest absolute Gasteiger partial charge is 0.462 e. The maximum absolute atomic E-state index is 11.8. The molecule has 0 unspecified atom stereocenters. The Bertz CT molecular complexity index is 665. The van der Waals surface area contributed by atoms with Crippen LogP contribution in [0.4, 0.5) is 5.69 Å². The van der Waals surface area contributed by atoms with Crippen molar-refractivity contribution >= 4 is 11.7 Å². The van der Waals surface area contributed by atoms with Crippen molar-refractivity contribution < 1.29 is 14.3 Å². The molecule has 0 aromatic heterocycles. The summed E-state index contributed by atoms with van der Waals surface area (Å²) in [4.78, 5) is 11.8. The number of rotatable bonds is 4. The lowest BCUT2D eigenvalue weighted by molar-refractivity contribution is 0.0527. The van der Waals surface area contributed by atoms with E-state index in [2.05, 4.69) is 0 Å². The number of ether oxygens (including phenoxy) is 2. The predicted octanol–water partition coefficient (Wildman–Crippen LogP) is 3.85. The highest BCUT2D eigenvalue weighted by atomic mass is 16.5. The summed E-state index contributed by atoms with van der Waals surface area (Å²) in [6, 6.07) is 11.0. The van der Waals surface area contributed by atoms with Gasteiger partial charge in [0.25, 0.3) is 0 Å². The van der Waals surface area contributed by atoms with E-state index in [4.69, 9.17) is 15.2 Å². The van der Waals surface area contributed by atoms with Crippen molar-refractivity contribution in [1.29, 1.82) is 0 Å². The molecule has 0 heterocycles. The van der Waals surface area contributed by atoms with Crippen LogP contribution in [-0.2, 0) is 4.74 Å². The van der Waals surface area contributed by atoms with Gasteiger partial charge in [-0.05, 0) is 44.5 Å². The van der Waals surface area contributed by atoms with Crippen LogP contribution < -0.4 is 10.5 Å². The van der Waals surface area contributed by atoms with Crippen LogP contribution in [0.5, 0.6) is 11.5 Å². The second-order valence-corrected chi connectivity index (χ2v) is 4.81. The Morgan fingerprint density at radius 1 is 1.14 bits per heavy atom. The lowest BCUT2D eigenvalue weighted by Gasteiger charge is -2.13. The van der Waals surface area contributed by atoms with E-state index < -0.39 is 5.97 Å². The third-order valence-electron chi connectivity index (χ3n) is 3.11. The van der Waals surface area contributed by atoms with Crippen LogP contribution in [-0.4, -0.2) is 12.6 Å². The van der Waals surface area contributed by atoms with Gasteiger partial charge in [-0.3, -0.25) is 0 Å². The molecule has 0 saturated heterocycles. The highest BCUT2D eigenvalue weighted by molar-refractivity contribution is 5.96. The molecule has 0 aliphatic carbocycles. The van der Waals surface area contributed by atoms with Crippen molar-refractivity contribution in [1.82, 2.24) is 0 Å². The lowest BCUT2D eigenvalue weighted by atomic mass is 10.1. The summed E-state index contributed by atoms with van der Waals surface area (Å²) in [5.41, 5.74) is 8.79. The minimum atomic E-state index is -0.443. The molecule has 4 nitrogen and oxygen atoms in total. The fraction of sp³-hybridized carbons (Fsp3) is 0.235. The van der Waals surface area contributed by atoms with E-state index in [1.54, 1.807) is 25.1 Å². The van der Waals surface area contributed by atoms with E-state index in [0.717, 1.165) is 11.1 Å². The first-order chi connectivity index (χ1) is 10.0. The zero-order chi connectivity index (χ0) is 15.4. The molecule has 2 aromatic carbocycles. The summed E-state index contributed by atoms with van der Waals surface area (Å²) in [5, 5.41) is 0. The summed E-state index contributed by atoms with van der Waals surface area (Å²) in [6.07, 6.45) is 0. The van der Waals surface area contributed by atoms with E-state index in [1.165, 1.54) is 0 Å². The number of aryl methyl sites for hydroxylation is 2. The molecule has 0 amide bonds. The molecule has 0 atom stereocenters. The van der Waals surface area contributed by atoms with E-state index >= 15 is 0 Å². The van der Waals surface area contributed by atoms with Gasteiger partial charge < -0.3 is 15.2 Å². The average molecular weight is 285 g/mol. The molecule has 0 spiro atoms. The molecule has 0 aliphatic heterocycles. The number of carbonyl (C=O) groups is 1. The Balaban J connectivity index is 2.32. The Hall–Kier alpha value is -2.49. The quantitative estimate of drug-likeness (QED) is 0.684. The molecular formula is C17H19NO3. The van der Waals surface area contributed by atoms with Crippen LogP contribution in [0.15, 0.2) is 36.4 Å². The minimum absolute atomic E-state index is 0.288. The number of para-hydroxylation sites is 1. The first-order valence-electron chi connectivity index (χ1n) is 6.83. The van der Waals surface area contributed by atoms with Gasteiger partial charge in [0, 0.05) is 0 Å².